The number of hydrogen-bond acceptors (Lipinski definition) is 5. The van der Waals surface area contributed by atoms with Gasteiger partial charge in [0.1, 0.15) is 10.7 Å². The van der Waals surface area contributed by atoms with Gasteiger partial charge in [0.05, 0.1) is 12.0 Å². The first kappa shape index (κ1) is 18.3. The number of carbonyl (C=O) groups excluding carboxylic acids is 1. The number of primary amides is 1. The fourth-order valence-corrected chi connectivity index (χ4v) is 4.08. The molecule has 0 bridgehead atoms. The van der Waals surface area contributed by atoms with Crippen LogP contribution in [0.4, 0.5) is 0 Å². The van der Waals surface area contributed by atoms with E-state index >= 15 is 0 Å². The van der Waals surface area contributed by atoms with Crippen molar-refractivity contribution in [1.29, 1.82) is 0 Å². The largest absolute Gasteiger partial charge is 0.384 e. The molecule has 3 rings (SSSR count). The van der Waals surface area contributed by atoms with Crippen molar-refractivity contribution in [3.8, 4) is 11.1 Å². The van der Waals surface area contributed by atoms with Crippen LogP contribution in [0.1, 0.15) is 17.1 Å². The van der Waals surface area contributed by atoms with Crippen LogP contribution in [0.25, 0.3) is 21.3 Å². The molecule has 0 fully saturated rings. The zero-order chi connectivity index (χ0) is 18.7. The zero-order valence-electron chi connectivity index (χ0n) is 14.8. The molecule has 2 heterocycles. The Morgan fingerprint density at radius 3 is 2.69 bits per heavy atom. The van der Waals surface area contributed by atoms with Crippen LogP contribution in [0.3, 0.4) is 0 Å². The normalized spacial score (nSPS) is 11.2. The van der Waals surface area contributed by atoms with Gasteiger partial charge in [-0.1, -0.05) is 30.3 Å². The van der Waals surface area contributed by atoms with Crippen LogP contribution in [0, 0.1) is 6.92 Å². The van der Waals surface area contributed by atoms with E-state index in [1.54, 1.807) is 11.7 Å². The van der Waals surface area contributed by atoms with E-state index in [-0.39, 0.29) is 18.5 Å². The Kier molecular flexibility index (Phi) is 5.49. The summed E-state index contributed by atoms with van der Waals surface area (Å²) in [6.07, 6.45) is 0.592. The van der Waals surface area contributed by atoms with Crippen molar-refractivity contribution >= 4 is 27.5 Å². The Bertz CT molecular complexity index is 993. The molecular weight excluding hydrogens is 350 g/mol. The molecule has 0 atom stereocenters. The molecule has 1 amide bonds. The molecule has 0 aliphatic rings. The van der Waals surface area contributed by atoms with Crippen molar-refractivity contribution in [2.24, 2.45) is 5.73 Å². The highest BCUT2D eigenvalue weighted by molar-refractivity contribution is 7.19. The molecule has 2 aromatic heterocycles. The topological polar surface area (TPSA) is 87.2 Å². The van der Waals surface area contributed by atoms with Gasteiger partial charge in [-0.15, -0.1) is 11.3 Å². The molecule has 3 aromatic rings. The molecule has 0 saturated carbocycles. The van der Waals surface area contributed by atoms with Gasteiger partial charge in [-0.25, -0.2) is 4.98 Å². The molecule has 1 aromatic carbocycles. The molecule has 6 nitrogen and oxygen atoms in total. The summed E-state index contributed by atoms with van der Waals surface area (Å²) in [5.74, 6) is 0.172. The molecule has 0 unspecified atom stereocenters. The lowest BCUT2D eigenvalue weighted by Crippen LogP contribution is -2.28. The van der Waals surface area contributed by atoms with Crippen LogP contribution < -0.4 is 11.3 Å². The van der Waals surface area contributed by atoms with E-state index < -0.39 is 5.91 Å². The third kappa shape index (κ3) is 3.54. The minimum absolute atomic E-state index is 0.0941. The highest BCUT2D eigenvalue weighted by atomic mass is 32.1. The highest BCUT2D eigenvalue weighted by Crippen LogP contribution is 2.35. The maximum Gasteiger partial charge on any atom is 0.262 e. The zero-order valence-corrected chi connectivity index (χ0v) is 15.6. The number of aromatic nitrogens is 2. The minimum Gasteiger partial charge on any atom is -0.384 e. The van der Waals surface area contributed by atoms with Crippen LogP contribution in [0.5, 0.6) is 0 Å². The molecule has 136 valence electrons. The first-order valence-corrected chi connectivity index (χ1v) is 9.20. The van der Waals surface area contributed by atoms with Crippen molar-refractivity contribution < 1.29 is 9.53 Å². The lowest BCUT2D eigenvalue weighted by Gasteiger charge is -2.12. The Hall–Kier alpha value is -2.51. The van der Waals surface area contributed by atoms with E-state index in [1.807, 2.05) is 37.3 Å². The fourth-order valence-electron chi connectivity index (χ4n) is 3.03. The van der Waals surface area contributed by atoms with Gasteiger partial charge < -0.3 is 10.5 Å². The number of nitrogens with two attached hydrogens (primary N) is 1. The van der Waals surface area contributed by atoms with Crippen LogP contribution in [0.15, 0.2) is 35.1 Å². The van der Waals surface area contributed by atoms with E-state index in [1.165, 1.54) is 11.3 Å². The summed E-state index contributed by atoms with van der Waals surface area (Å²) < 4.78 is 6.69. The average molecular weight is 371 g/mol. The quantitative estimate of drug-likeness (QED) is 0.691. The minimum atomic E-state index is -0.445. The fraction of sp³-hybridized carbons (Fsp3) is 0.316. The number of nitrogens with zero attached hydrogens (tertiary/aromatic N) is 2. The predicted octanol–water partition coefficient (Wildman–Crippen LogP) is 2.50. The van der Waals surface area contributed by atoms with Gasteiger partial charge in [-0.3, -0.25) is 14.2 Å². The van der Waals surface area contributed by atoms with Gasteiger partial charge in [-0.2, -0.15) is 0 Å². The molecular formula is C19H21N3O3S. The van der Waals surface area contributed by atoms with Gasteiger partial charge in [-0.05, 0) is 12.5 Å². The Morgan fingerprint density at radius 2 is 2.04 bits per heavy atom. The molecule has 0 spiro atoms. The third-order valence-electron chi connectivity index (χ3n) is 4.24. The number of methoxy groups -OCH3 is 1. The first-order chi connectivity index (χ1) is 12.5. The molecule has 26 heavy (non-hydrogen) atoms. The number of aryl methyl sites for hydroxylation is 1. The number of benzene rings is 1. The number of carbonyl (C=O) groups is 1. The summed E-state index contributed by atoms with van der Waals surface area (Å²) in [4.78, 5) is 31.0. The molecule has 2 N–H and O–H groups in total. The van der Waals surface area contributed by atoms with Gasteiger partial charge in [0.25, 0.3) is 5.56 Å². The maximum absolute atomic E-state index is 13.3. The van der Waals surface area contributed by atoms with E-state index in [4.69, 9.17) is 15.5 Å². The van der Waals surface area contributed by atoms with Crippen LogP contribution in [0.2, 0.25) is 0 Å². The second-order valence-corrected chi connectivity index (χ2v) is 7.23. The van der Waals surface area contributed by atoms with E-state index in [9.17, 15) is 9.59 Å². The maximum atomic E-state index is 13.3. The Labute approximate surface area is 155 Å². The smallest absolute Gasteiger partial charge is 0.262 e. The predicted molar refractivity (Wildman–Crippen MR) is 103 cm³/mol. The lowest BCUT2D eigenvalue weighted by atomic mass is 10.0. The van der Waals surface area contributed by atoms with E-state index in [2.05, 4.69) is 0 Å². The molecule has 0 radical (unpaired) electrons. The van der Waals surface area contributed by atoms with Crippen molar-refractivity contribution in [2.45, 2.75) is 26.3 Å². The van der Waals surface area contributed by atoms with E-state index in [0.717, 1.165) is 16.0 Å². The van der Waals surface area contributed by atoms with Crippen molar-refractivity contribution in [3.63, 3.8) is 0 Å². The molecule has 7 heteroatoms. The molecule has 0 saturated heterocycles. The number of amides is 1. The summed E-state index contributed by atoms with van der Waals surface area (Å²) in [6.45, 7) is 2.67. The third-order valence-corrected chi connectivity index (χ3v) is 5.24. The number of thiophene rings is 1. The van der Waals surface area contributed by atoms with Gasteiger partial charge in [0, 0.05) is 36.9 Å². The monoisotopic (exact) mass is 371 g/mol. The second kappa shape index (κ2) is 7.80. The number of hydrogen-bond donors (Lipinski definition) is 1. The van der Waals surface area contributed by atoms with Crippen LogP contribution in [-0.4, -0.2) is 29.2 Å². The number of rotatable bonds is 7. The highest BCUT2D eigenvalue weighted by Gasteiger charge is 2.19. The second-order valence-electron chi connectivity index (χ2n) is 6.02. The molecule has 0 aliphatic carbocycles. The van der Waals surface area contributed by atoms with Crippen LogP contribution >= 0.6 is 11.3 Å². The Morgan fingerprint density at radius 1 is 1.31 bits per heavy atom. The van der Waals surface area contributed by atoms with E-state index in [0.29, 0.717) is 29.1 Å². The average Bonchev–Trinajstić information content (AvgIpc) is 2.96. The van der Waals surface area contributed by atoms with Gasteiger partial charge in [0.2, 0.25) is 5.91 Å². The number of fused-ring (bicyclic) bond motifs is 1. The number of ether oxygens (including phenoxy) is 1. The summed E-state index contributed by atoms with van der Waals surface area (Å²) in [5, 5.41) is 0.601. The van der Waals surface area contributed by atoms with Crippen molar-refractivity contribution in [3.05, 3.63) is 51.4 Å². The van der Waals surface area contributed by atoms with Crippen molar-refractivity contribution in [1.82, 2.24) is 9.55 Å². The SMILES string of the molecule is COCCc1nc2sc(C)c(-c3ccccc3)c2c(=O)n1CCC(N)=O. The van der Waals surface area contributed by atoms with Gasteiger partial charge >= 0.3 is 0 Å². The summed E-state index contributed by atoms with van der Waals surface area (Å²) in [5.41, 5.74) is 7.05. The van der Waals surface area contributed by atoms with Crippen molar-refractivity contribution in [2.75, 3.05) is 13.7 Å². The van der Waals surface area contributed by atoms with Crippen LogP contribution in [-0.2, 0) is 22.5 Å². The summed E-state index contributed by atoms with van der Waals surface area (Å²) in [6, 6.07) is 9.81. The first-order valence-electron chi connectivity index (χ1n) is 8.38. The summed E-state index contributed by atoms with van der Waals surface area (Å²) in [7, 11) is 1.60. The standard InChI is InChI=1S/C19H21N3O3S/c1-12-16(13-6-4-3-5-7-13)17-18(26-12)21-15(9-11-25-2)22(19(17)24)10-8-14(20)23/h3-7H,8-11H2,1-2H3,(H2,20,23). The summed E-state index contributed by atoms with van der Waals surface area (Å²) >= 11 is 1.51. The lowest BCUT2D eigenvalue weighted by molar-refractivity contribution is -0.118. The Balaban J connectivity index is 2.23. The molecule has 0 aliphatic heterocycles. The van der Waals surface area contributed by atoms with Gasteiger partial charge in [0.15, 0.2) is 0 Å².